The zero-order valence-corrected chi connectivity index (χ0v) is 20.0. The van der Waals surface area contributed by atoms with E-state index in [9.17, 15) is 14.0 Å². The quantitative estimate of drug-likeness (QED) is 0.519. The minimum absolute atomic E-state index is 0.00789. The van der Waals surface area contributed by atoms with Crippen molar-refractivity contribution in [1.82, 2.24) is 15.2 Å². The fourth-order valence-corrected chi connectivity index (χ4v) is 5.71. The van der Waals surface area contributed by atoms with Gasteiger partial charge in [0.1, 0.15) is 5.82 Å². The summed E-state index contributed by atoms with van der Waals surface area (Å²) in [6, 6.07) is 13.7. The van der Waals surface area contributed by atoms with Crippen molar-refractivity contribution < 1.29 is 14.0 Å². The van der Waals surface area contributed by atoms with Crippen LogP contribution >= 0.6 is 11.3 Å². The zero-order valence-electron chi connectivity index (χ0n) is 19.1. The number of piperidine rings is 1. The summed E-state index contributed by atoms with van der Waals surface area (Å²) >= 11 is 1.67. The molecule has 3 aromatic rings. The number of amides is 2. The molecule has 2 heterocycles. The second kappa shape index (κ2) is 10.00. The van der Waals surface area contributed by atoms with Crippen molar-refractivity contribution in [2.75, 3.05) is 13.1 Å². The van der Waals surface area contributed by atoms with E-state index < -0.39 is 5.41 Å². The van der Waals surface area contributed by atoms with Crippen LogP contribution in [0.1, 0.15) is 54.9 Å². The summed E-state index contributed by atoms with van der Waals surface area (Å²) in [7, 11) is 0. The molecule has 4 rings (SSSR count). The summed E-state index contributed by atoms with van der Waals surface area (Å²) in [6.45, 7) is 5.42. The highest BCUT2D eigenvalue weighted by molar-refractivity contribution is 7.18. The summed E-state index contributed by atoms with van der Waals surface area (Å²) in [4.78, 5) is 32.8. The van der Waals surface area contributed by atoms with Gasteiger partial charge < -0.3 is 10.2 Å². The third-order valence-electron chi connectivity index (χ3n) is 6.86. The maximum Gasteiger partial charge on any atom is 0.251 e. The van der Waals surface area contributed by atoms with Crippen LogP contribution < -0.4 is 5.32 Å². The average molecular weight is 468 g/mol. The molecule has 1 saturated heterocycles. The second-order valence-corrected chi connectivity index (χ2v) is 9.90. The number of likely N-dealkylation sites (tertiary alicyclic amines) is 1. The first-order valence-corrected chi connectivity index (χ1v) is 12.5. The van der Waals surface area contributed by atoms with Crippen molar-refractivity contribution in [1.29, 1.82) is 0 Å². The summed E-state index contributed by atoms with van der Waals surface area (Å²) in [6.07, 6.45) is 3.60. The first kappa shape index (κ1) is 23.4. The molecule has 0 spiro atoms. The lowest BCUT2D eigenvalue weighted by Gasteiger charge is -2.39. The Morgan fingerprint density at radius 3 is 2.39 bits per heavy atom. The van der Waals surface area contributed by atoms with Crippen molar-refractivity contribution in [3.8, 4) is 0 Å². The number of halogens is 1. The van der Waals surface area contributed by atoms with Crippen LogP contribution in [0.4, 0.5) is 4.39 Å². The van der Waals surface area contributed by atoms with E-state index in [1.165, 1.54) is 24.3 Å². The van der Waals surface area contributed by atoms with Crippen molar-refractivity contribution in [3.05, 3.63) is 64.9 Å². The van der Waals surface area contributed by atoms with Crippen molar-refractivity contribution in [2.24, 2.45) is 5.41 Å². The van der Waals surface area contributed by atoms with E-state index in [1.807, 2.05) is 23.1 Å². The number of thiazole rings is 1. The average Bonchev–Trinajstić information content (AvgIpc) is 3.25. The van der Waals surface area contributed by atoms with Crippen LogP contribution in [0.25, 0.3) is 10.2 Å². The Kier molecular flexibility index (Phi) is 7.08. The van der Waals surface area contributed by atoms with Gasteiger partial charge in [-0.05, 0) is 62.1 Å². The molecule has 1 fully saturated rings. The fourth-order valence-electron chi connectivity index (χ4n) is 4.60. The van der Waals surface area contributed by atoms with Gasteiger partial charge in [0.25, 0.3) is 5.91 Å². The number of nitrogens with zero attached hydrogens (tertiary/aromatic N) is 2. The van der Waals surface area contributed by atoms with Crippen LogP contribution in [-0.4, -0.2) is 40.8 Å². The highest BCUT2D eigenvalue weighted by atomic mass is 32.1. The summed E-state index contributed by atoms with van der Waals surface area (Å²) in [5, 5.41) is 4.04. The molecule has 174 valence electrons. The van der Waals surface area contributed by atoms with Gasteiger partial charge in [0.2, 0.25) is 5.91 Å². The van der Waals surface area contributed by atoms with E-state index in [0.29, 0.717) is 37.9 Å². The highest BCUT2D eigenvalue weighted by Gasteiger charge is 2.40. The molecule has 2 amide bonds. The van der Waals surface area contributed by atoms with Gasteiger partial charge in [-0.15, -0.1) is 11.3 Å². The molecule has 0 bridgehead atoms. The molecule has 0 atom stereocenters. The maximum atomic E-state index is 13.7. The first-order chi connectivity index (χ1) is 15.9. The largest absolute Gasteiger partial charge is 0.349 e. The number of nitrogens with one attached hydrogen (secondary N) is 1. The molecular weight excluding hydrogens is 437 g/mol. The molecule has 1 aromatic heterocycles. The molecule has 5 nitrogen and oxygen atoms in total. The Balaban J connectivity index is 1.39. The van der Waals surface area contributed by atoms with Crippen LogP contribution in [0.5, 0.6) is 0 Å². The molecule has 0 aliphatic carbocycles. The molecule has 7 heteroatoms. The minimum Gasteiger partial charge on any atom is -0.349 e. The maximum absolute atomic E-state index is 13.7. The van der Waals surface area contributed by atoms with Crippen LogP contribution in [0.2, 0.25) is 0 Å². The number of benzene rings is 2. The van der Waals surface area contributed by atoms with E-state index >= 15 is 0 Å². The van der Waals surface area contributed by atoms with Crippen LogP contribution in [0, 0.1) is 11.2 Å². The zero-order chi connectivity index (χ0) is 23.4. The molecule has 1 aliphatic rings. The topological polar surface area (TPSA) is 62.3 Å². The van der Waals surface area contributed by atoms with Crippen LogP contribution in [0.15, 0.2) is 48.5 Å². The Bertz CT molecular complexity index is 1080. The number of para-hydroxylation sites is 1. The van der Waals surface area contributed by atoms with E-state index in [2.05, 4.69) is 25.2 Å². The van der Waals surface area contributed by atoms with Crippen LogP contribution in [0.3, 0.4) is 0 Å². The molecule has 1 aliphatic heterocycles. The summed E-state index contributed by atoms with van der Waals surface area (Å²) in [5.74, 6) is -0.373. The Morgan fingerprint density at radius 2 is 1.76 bits per heavy atom. The number of carbonyl (C=O) groups is 2. The monoisotopic (exact) mass is 467 g/mol. The third kappa shape index (κ3) is 5.08. The van der Waals surface area contributed by atoms with Gasteiger partial charge in [-0.2, -0.15) is 0 Å². The standard InChI is InChI=1S/C26H30FN3O2S/c1-3-26(4-2,17-23-29-21-7-5-6-8-22(21)33-23)25(32)30-15-13-20(14-16-30)28-24(31)18-9-11-19(27)12-10-18/h5-12,20H,3-4,13-17H2,1-2H3,(H,28,31). The van der Waals surface area contributed by atoms with E-state index in [1.54, 1.807) is 11.3 Å². The Morgan fingerprint density at radius 1 is 1.09 bits per heavy atom. The third-order valence-corrected chi connectivity index (χ3v) is 7.90. The van der Waals surface area contributed by atoms with Gasteiger partial charge in [-0.25, -0.2) is 9.37 Å². The molecule has 33 heavy (non-hydrogen) atoms. The molecular formula is C26H30FN3O2S. The molecule has 1 N–H and O–H groups in total. The number of hydrogen-bond donors (Lipinski definition) is 1. The number of carbonyl (C=O) groups excluding carboxylic acids is 2. The van der Waals surface area contributed by atoms with Gasteiger partial charge in [-0.1, -0.05) is 26.0 Å². The van der Waals surface area contributed by atoms with Crippen LogP contribution in [-0.2, 0) is 11.2 Å². The number of hydrogen-bond acceptors (Lipinski definition) is 4. The Labute approximate surface area is 198 Å². The van der Waals surface area contributed by atoms with Gasteiger partial charge in [0.15, 0.2) is 0 Å². The summed E-state index contributed by atoms with van der Waals surface area (Å²) < 4.78 is 14.3. The number of rotatable bonds is 7. The van der Waals surface area contributed by atoms with Crippen molar-refractivity contribution in [2.45, 2.75) is 52.0 Å². The highest BCUT2D eigenvalue weighted by Crippen LogP contribution is 2.36. The van der Waals surface area contributed by atoms with E-state index in [0.717, 1.165) is 28.1 Å². The lowest BCUT2D eigenvalue weighted by atomic mass is 9.77. The van der Waals surface area contributed by atoms with Gasteiger partial charge >= 0.3 is 0 Å². The molecule has 0 radical (unpaired) electrons. The molecule has 2 aromatic carbocycles. The SMILES string of the molecule is CCC(CC)(Cc1nc2ccccc2s1)C(=O)N1CCC(NC(=O)c2ccc(F)cc2)CC1. The predicted molar refractivity (Wildman–Crippen MR) is 130 cm³/mol. The second-order valence-electron chi connectivity index (χ2n) is 8.79. The fraction of sp³-hybridized carbons (Fsp3) is 0.423. The Hall–Kier alpha value is -2.80. The number of fused-ring (bicyclic) bond motifs is 1. The lowest BCUT2D eigenvalue weighted by Crippen LogP contribution is -2.51. The van der Waals surface area contributed by atoms with Gasteiger partial charge in [-0.3, -0.25) is 9.59 Å². The van der Waals surface area contributed by atoms with Gasteiger partial charge in [0.05, 0.1) is 20.6 Å². The smallest absolute Gasteiger partial charge is 0.251 e. The van der Waals surface area contributed by atoms with Crippen molar-refractivity contribution in [3.63, 3.8) is 0 Å². The normalized spacial score (nSPS) is 15.1. The lowest BCUT2D eigenvalue weighted by molar-refractivity contribution is -0.144. The molecule has 0 unspecified atom stereocenters. The van der Waals surface area contributed by atoms with E-state index in [-0.39, 0.29) is 23.7 Å². The minimum atomic E-state index is -0.460. The number of aromatic nitrogens is 1. The van der Waals surface area contributed by atoms with E-state index in [4.69, 9.17) is 4.98 Å². The van der Waals surface area contributed by atoms with Gasteiger partial charge in [0, 0.05) is 31.1 Å². The molecule has 0 saturated carbocycles. The summed E-state index contributed by atoms with van der Waals surface area (Å²) in [5.41, 5.74) is 0.975. The van der Waals surface area contributed by atoms with Crippen molar-refractivity contribution >= 4 is 33.4 Å². The predicted octanol–water partition coefficient (Wildman–Crippen LogP) is 5.21. The first-order valence-electron chi connectivity index (χ1n) is 11.6.